The number of hydrogen-bond acceptors (Lipinski definition) is 2. The molecule has 1 aromatic carbocycles. The van der Waals surface area contributed by atoms with Crippen LogP contribution >= 0.6 is 0 Å². The highest BCUT2D eigenvalue weighted by atomic mass is 16.4. The Hall–Kier alpha value is -1.51. The smallest absolute Gasteiger partial charge is 0.339 e. The quantitative estimate of drug-likeness (QED) is 0.520. The van der Waals surface area contributed by atoms with Crippen LogP contribution in [0.3, 0.4) is 0 Å². The van der Waals surface area contributed by atoms with E-state index in [2.05, 4.69) is 13.8 Å². The first-order valence-electron chi connectivity index (χ1n) is 8.64. The van der Waals surface area contributed by atoms with Gasteiger partial charge in [0.2, 0.25) is 0 Å². The zero-order valence-corrected chi connectivity index (χ0v) is 14.2. The zero-order valence-electron chi connectivity index (χ0n) is 14.2. The molecule has 3 heteroatoms. The van der Waals surface area contributed by atoms with Crippen molar-refractivity contribution in [2.75, 3.05) is 0 Å². The molecule has 0 aliphatic rings. The van der Waals surface area contributed by atoms with Crippen LogP contribution in [0.15, 0.2) is 24.3 Å². The van der Waals surface area contributed by atoms with Crippen molar-refractivity contribution < 1.29 is 15.0 Å². The van der Waals surface area contributed by atoms with Crippen LogP contribution in [0.2, 0.25) is 0 Å². The molecule has 22 heavy (non-hydrogen) atoms. The highest BCUT2D eigenvalue weighted by Gasteiger charge is 2.05. The molecule has 1 rings (SSSR count). The van der Waals surface area contributed by atoms with E-state index in [4.69, 9.17) is 10.2 Å². The number of unbranched alkanes of at least 4 members (excludes halogenated alkanes) is 9. The van der Waals surface area contributed by atoms with Gasteiger partial charge in [-0.05, 0) is 12.1 Å². The Labute approximate surface area is 135 Å². The van der Waals surface area contributed by atoms with E-state index in [1.54, 1.807) is 12.1 Å². The maximum atomic E-state index is 10.3. The number of aromatic carboxylic acids is 1. The number of phenols is 1. The fourth-order valence-electron chi connectivity index (χ4n) is 2.22. The number of benzene rings is 1. The Morgan fingerprint density at radius 1 is 0.818 bits per heavy atom. The number of carboxylic acid groups (broad SMARTS) is 1. The summed E-state index contributed by atoms with van der Waals surface area (Å²) in [4.78, 5) is 10.3. The van der Waals surface area contributed by atoms with Crippen LogP contribution in [-0.4, -0.2) is 16.2 Å². The summed E-state index contributed by atoms with van der Waals surface area (Å²) >= 11 is 0. The molecule has 126 valence electrons. The number of carboxylic acids is 1. The van der Waals surface area contributed by atoms with Gasteiger partial charge in [-0.2, -0.15) is 0 Å². The molecule has 0 bridgehead atoms. The normalized spacial score (nSPS) is 9.91. The van der Waals surface area contributed by atoms with Crippen LogP contribution < -0.4 is 0 Å². The van der Waals surface area contributed by atoms with E-state index in [1.807, 2.05) is 0 Å². The van der Waals surface area contributed by atoms with Crippen molar-refractivity contribution in [2.24, 2.45) is 0 Å². The highest BCUT2D eigenvalue weighted by molar-refractivity contribution is 5.90. The zero-order chi connectivity index (χ0) is 16.6. The second-order valence-electron chi connectivity index (χ2n) is 5.65. The van der Waals surface area contributed by atoms with Gasteiger partial charge in [-0.1, -0.05) is 90.2 Å². The third kappa shape index (κ3) is 11.2. The molecule has 0 amide bonds. The fraction of sp³-hybridized carbons (Fsp3) is 0.632. The summed E-state index contributed by atoms with van der Waals surface area (Å²) in [6.07, 6.45) is 14.4. The number of aromatic hydroxyl groups is 1. The van der Waals surface area contributed by atoms with Gasteiger partial charge in [0.1, 0.15) is 11.3 Å². The highest BCUT2D eigenvalue weighted by Crippen LogP contribution is 2.14. The van der Waals surface area contributed by atoms with Crippen molar-refractivity contribution in [3.05, 3.63) is 29.8 Å². The molecule has 0 unspecified atom stereocenters. The average Bonchev–Trinajstić information content (AvgIpc) is 2.51. The lowest BCUT2D eigenvalue weighted by molar-refractivity contribution is 0.0693. The van der Waals surface area contributed by atoms with Crippen molar-refractivity contribution in [1.82, 2.24) is 0 Å². The second kappa shape index (κ2) is 14.4. The molecule has 0 heterocycles. The summed E-state index contributed by atoms with van der Waals surface area (Å²) < 4.78 is 0. The van der Waals surface area contributed by atoms with Gasteiger partial charge in [-0.15, -0.1) is 0 Å². The van der Waals surface area contributed by atoms with Crippen molar-refractivity contribution in [3.8, 4) is 5.75 Å². The Balaban J connectivity index is 0.000000406. The molecule has 0 aromatic heterocycles. The largest absolute Gasteiger partial charge is 0.507 e. The van der Waals surface area contributed by atoms with Crippen LogP contribution in [-0.2, 0) is 0 Å². The van der Waals surface area contributed by atoms with Gasteiger partial charge in [-0.25, -0.2) is 4.79 Å². The lowest BCUT2D eigenvalue weighted by Gasteiger charge is -1.99. The van der Waals surface area contributed by atoms with Gasteiger partial charge < -0.3 is 10.2 Å². The summed E-state index contributed by atoms with van der Waals surface area (Å²) in [6, 6.07) is 5.81. The van der Waals surface area contributed by atoms with Crippen LogP contribution in [0.4, 0.5) is 0 Å². The Morgan fingerprint density at radius 3 is 1.55 bits per heavy atom. The standard InChI is InChI=1S/C12H26.C7H6O3/c1-3-5-7-9-11-12-10-8-6-4-2;8-6-4-2-1-3-5(6)7(9)10/h3-12H2,1-2H3;1-4,8H,(H,9,10). The first kappa shape index (κ1) is 20.5. The molecule has 2 N–H and O–H groups in total. The summed E-state index contributed by atoms with van der Waals surface area (Å²) in [5, 5.41) is 17.3. The molecule has 0 spiro atoms. The molecule has 0 saturated heterocycles. The van der Waals surface area contributed by atoms with E-state index < -0.39 is 5.97 Å². The van der Waals surface area contributed by atoms with Gasteiger partial charge in [-0.3, -0.25) is 0 Å². The third-order valence-corrected chi connectivity index (χ3v) is 3.59. The molecular formula is C19H32O3. The lowest BCUT2D eigenvalue weighted by atomic mass is 10.1. The molecule has 0 aliphatic carbocycles. The minimum Gasteiger partial charge on any atom is -0.507 e. The van der Waals surface area contributed by atoms with Crippen molar-refractivity contribution >= 4 is 5.97 Å². The van der Waals surface area contributed by atoms with E-state index in [-0.39, 0.29) is 11.3 Å². The van der Waals surface area contributed by atoms with E-state index in [0.717, 1.165) is 0 Å². The molecule has 3 nitrogen and oxygen atoms in total. The average molecular weight is 308 g/mol. The SMILES string of the molecule is CCCCCCCCCCCC.O=C(O)c1ccccc1O. The van der Waals surface area contributed by atoms with Gasteiger partial charge in [0, 0.05) is 0 Å². The molecule has 0 fully saturated rings. The first-order chi connectivity index (χ1) is 10.6. The Bertz CT molecular complexity index is 378. The number of para-hydroxylation sites is 1. The monoisotopic (exact) mass is 308 g/mol. The van der Waals surface area contributed by atoms with E-state index in [9.17, 15) is 4.79 Å². The molecule has 0 saturated carbocycles. The van der Waals surface area contributed by atoms with Crippen molar-refractivity contribution in [3.63, 3.8) is 0 Å². The Kier molecular flexibility index (Phi) is 13.4. The van der Waals surface area contributed by atoms with Crippen LogP contribution in [0.1, 0.15) is 88.4 Å². The van der Waals surface area contributed by atoms with Crippen molar-refractivity contribution in [2.45, 2.75) is 78.1 Å². The van der Waals surface area contributed by atoms with Gasteiger partial charge in [0.15, 0.2) is 0 Å². The predicted molar refractivity (Wildman–Crippen MR) is 92.6 cm³/mol. The van der Waals surface area contributed by atoms with Gasteiger partial charge in [0.05, 0.1) is 0 Å². The summed E-state index contributed by atoms with van der Waals surface area (Å²) in [5.74, 6) is -1.31. The molecule has 0 aliphatic heterocycles. The lowest BCUT2D eigenvalue weighted by Crippen LogP contribution is -1.95. The first-order valence-corrected chi connectivity index (χ1v) is 8.64. The second-order valence-corrected chi connectivity index (χ2v) is 5.65. The maximum Gasteiger partial charge on any atom is 0.339 e. The third-order valence-electron chi connectivity index (χ3n) is 3.59. The van der Waals surface area contributed by atoms with Gasteiger partial charge >= 0.3 is 5.97 Å². The van der Waals surface area contributed by atoms with Crippen LogP contribution in [0.5, 0.6) is 5.75 Å². The maximum absolute atomic E-state index is 10.3. The van der Waals surface area contributed by atoms with E-state index in [0.29, 0.717) is 0 Å². The molecule has 1 aromatic rings. The minimum absolute atomic E-state index is 0.0671. The van der Waals surface area contributed by atoms with E-state index in [1.165, 1.54) is 76.3 Å². The van der Waals surface area contributed by atoms with Crippen molar-refractivity contribution in [1.29, 1.82) is 0 Å². The van der Waals surface area contributed by atoms with Crippen LogP contribution in [0, 0.1) is 0 Å². The summed E-state index contributed by atoms with van der Waals surface area (Å²) in [7, 11) is 0. The topological polar surface area (TPSA) is 57.5 Å². The summed E-state index contributed by atoms with van der Waals surface area (Å²) in [5.41, 5.74) is -0.0671. The number of rotatable bonds is 10. The van der Waals surface area contributed by atoms with Gasteiger partial charge in [0.25, 0.3) is 0 Å². The molecule has 0 radical (unpaired) electrons. The van der Waals surface area contributed by atoms with Crippen LogP contribution in [0.25, 0.3) is 0 Å². The minimum atomic E-state index is -1.11. The fourth-order valence-corrected chi connectivity index (χ4v) is 2.22. The summed E-state index contributed by atoms with van der Waals surface area (Å²) in [6.45, 7) is 4.56. The molecular weight excluding hydrogens is 276 g/mol. The number of hydrogen-bond donors (Lipinski definition) is 2. The Morgan fingerprint density at radius 2 is 1.23 bits per heavy atom. The van der Waals surface area contributed by atoms with E-state index >= 15 is 0 Å². The molecule has 0 atom stereocenters. The number of carbonyl (C=O) groups is 1. The predicted octanol–water partition coefficient (Wildman–Crippen LogP) is 6.02.